The van der Waals surface area contributed by atoms with Gasteiger partial charge in [0.05, 0.1) is 0 Å². The molecular weight excluding hydrogens is 342 g/mol. The fourth-order valence-corrected chi connectivity index (χ4v) is 2.35. The zero-order chi connectivity index (χ0) is 17.6. The lowest BCUT2D eigenvalue weighted by molar-refractivity contribution is -0.123. The third-order valence-corrected chi connectivity index (χ3v) is 3.69. The lowest BCUT2D eigenvalue weighted by atomic mass is 10.2. The van der Waals surface area contributed by atoms with Crippen molar-refractivity contribution in [2.75, 3.05) is 6.61 Å². The van der Waals surface area contributed by atoms with E-state index in [9.17, 15) is 4.79 Å². The fraction of sp³-hybridized carbons (Fsp3) is 0.176. The summed E-state index contributed by atoms with van der Waals surface area (Å²) in [4.78, 5) is 20.4. The maximum atomic E-state index is 12.0. The van der Waals surface area contributed by atoms with Gasteiger partial charge in [-0.05, 0) is 24.6 Å². The van der Waals surface area contributed by atoms with Gasteiger partial charge in [-0.2, -0.15) is 10.1 Å². The first-order chi connectivity index (χ1) is 12.1. The number of hydrogen-bond acceptors (Lipinski definition) is 5. The molecule has 0 radical (unpaired) electrons. The Bertz CT molecular complexity index is 867. The second-order valence-electron chi connectivity index (χ2n) is 5.22. The first-order valence-corrected chi connectivity index (χ1v) is 7.98. The molecule has 2 aromatic heterocycles. The molecule has 25 heavy (non-hydrogen) atoms. The van der Waals surface area contributed by atoms with Gasteiger partial charge in [0.25, 0.3) is 5.91 Å². The number of hydrogen-bond donors (Lipinski definition) is 1. The Morgan fingerprint density at radius 3 is 2.88 bits per heavy atom. The summed E-state index contributed by atoms with van der Waals surface area (Å²) in [5, 5.41) is 7.48. The summed E-state index contributed by atoms with van der Waals surface area (Å²) < 4.78 is 7.06. The first-order valence-electron chi connectivity index (χ1n) is 7.60. The van der Waals surface area contributed by atoms with Crippen LogP contribution in [0.5, 0.6) is 5.88 Å². The Kier molecular flexibility index (Phi) is 5.25. The van der Waals surface area contributed by atoms with E-state index in [-0.39, 0.29) is 12.5 Å². The van der Waals surface area contributed by atoms with Crippen molar-refractivity contribution in [3.8, 4) is 11.7 Å². The molecule has 1 N–H and O–H groups in total. The zero-order valence-electron chi connectivity index (χ0n) is 13.5. The summed E-state index contributed by atoms with van der Waals surface area (Å²) in [6, 6.07) is 10.8. The van der Waals surface area contributed by atoms with Crippen LogP contribution in [-0.4, -0.2) is 32.3 Å². The highest BCUT2D eigenvalue weighted by Crippen LogP contribution is 2.14. The van der Waals surface area contributed by atoms with Crippen LogP contribution in [0.3, 0.4) is 0 Å². The van der Waals surface area contributed by atoms with Crippen molar-refractivity contribution in [3.05, 3.63) is 65.2 Å². The number of nitrogens with one attached hydrogen (secondary N) is 1. The van der Waals surface area contributed by atoms with Gasteiger partial charge >= 0.3 is 0 Å². The maximum absolute atomic E-state index is 12.0. The summed E-state index contributed by atoms with van der Waals surface area (Å²) in [6.45, 7) is 1.93. The van der Waals surface area contributed by atoms with E-state index < -0.39 is 0 Å². The molecule has 0 aliphatic rings. The van der Waals surface area contributed by atoms with Gasteiger partial charge in [-0.15, -0.1) is 0 Å². The molecule has 0 atom stereocenters. The van der Waals surface area contributed by atoms with Crippen LogP contribution in [0, 0.1) is 6.92 Å². The molecule has 2 heterocycles. The molecule has 128 valence electrons. The Morgan fingerprint density at radius 2 is 2.12 bits per heavy atom. The van der Waals surface area contributed by atoms with E-state index in [2.05, 4.69) is 20.4 Å². The predicted molar refractivity (Wildman–Crippen MR) is 92.7 cm³/mol. The Labute approximate surface area is 149 Å². The van der Waals surface area contributed by atoms with Crippen LogP contribution < -0.4 is 10.1 Å². The van der Waals surface area contributed by atoms with Crippen molar-refractivity contribution in [3.63, 3.8) is 0 Å². The van der Waals surface area contributed by atoms with Crippen LogP contribution in [0.15, 0.2) is 48.8 Å². The molecule has 1 amide bonds. The molecule has 0 saturated heterocycles. The number of carbonyl (C=O) groups excluding carboxylic acids is 1. The van der Waals surface area contributed by atoms with E-state index in [0.717, 1.165) is 5.56 Å². The molecule has 7 nitrogen and oxygen atoms in total. The Balaban J connectivity index is 1.58. The number of ether oxygens (including phenoxy) is 1. The molecular formula is C17H16ClN5O2. The summed E-state index contributed by atoms with van der Waals surface area (Å²) in [5.74, 6) is 1.14. The molecule has 0 saturated carbocycles. The van der Waals surface area contributed by atoms with Crippen molar-refractivity contribution >= 4 is 17.5 Å². The number of amides is 1. The van der Waals surface area contributed by atoms with E-state index >= 15 is 0 Å². The number of halogens is 1. The Morgan fingerprint density at radius 1 is 1.28 bits per heavy atom. The van der Waals surface area contributed by atoms with Gasteiger partial charge in [-0.3, -0.25) is 4.79 Å². The van der Waals surface area contributed by atoms with Crippen LogP contribution in [0.4, 0.5) is 0 Å². The number of aryl methyl sites for hydroxylation is 1. The number of carbonyl (C=O) groups is 1. The van der Waals surface area contributed by atoms with Gasteiger partial charge in [0.15, 0.2) is 12.4 Å². The van der Waals surface area contributed by atoms with Gasteiger partial charge in [0, 0.05) is 30.0 Å². The van der Waals surface area contributed by atoms with Gasteiger partial charge in [0.2, 0.25) is 5.88 Å². The molecule has 0 bridgehead atoms. The quantitative estimate of drug-likeness (QED) is 0.732. The second kappa shape index (κ2) is 7.76. The molecule has 0 fully saturated rings. The molecule has 0 aliphatic carbocycles. The van der Waals surface area contributed by atoms with E-state index in [1.54, 1.807) is 42.2 Å². The normalized spacial score (nSPS) is 10.5. The highest BCUT2D eigenvalue weighted by atomic mass is 35.5. The van der Waals surface area contributed by atoms with E-state index in [4.69, 9.17) is 16.3 Å². The predicted octanol–water partition coefficient (Wildman–Crippen LogP) is 2.32. The maximum Gasteiger partial charge on any atom is 0.258 e. The molecule has 0 unspecified atom stereocenters. The van der Waals surface area contributed by atoms with Crippen molar-refractivity contribution in [1.29, 1.82) is 0 Å². The number of nitrogens with zero attached hydrogens (tertiary/aromatic N) is 4. The van der Waals surface area contributed by atoms with Crippen molar-refractivity contribution < 1.29 is 9.53 Å². The first kappa shape index (κ1) is 16.9. The fourth-order valence-electron chi connectivity index (χ4n) is 2.15. The summed E-state index contributed by atoms with van der Waals surface area (Å²) >= 11 is 6.06. The molecule has 3 aromatic rings. The second-order valence-corrected chi connectivity index (χ2v) is 5.63. The SMILES string of the molecule is Cc1nc(OCC(=O)NCc2ccccc2Cl)cc(-n2cccn2)n1. The van der Waals surface area contributed by atoms with E-state index in [1.165, 1.54) is 0 Å². The van der Waals surface area contributed by atoms with E-state index in [0.29, 0.717) is 29.1 Å². The monoisotopic (exact) mass is 357 g/mol. The molecule has 8 heteroatoms. The molecule has 0 aliphatic heterocycles. The highest BCUT2D eigenvalue weighted by Gasteiger charge is 2.08. The van der Waals surface area contributed by atoms with Gasteiger partial charge in [-0.25, -0.2) is 9.67 Å². The van der Waals surface area contributed by atoms with Crippen molar-refractivity contribution in [1.82, 2.24) is 25.1 Å². The highest BCUT2D eigenvalue weighted by molar-refractivity contribution is 6.31. The van der Waals surface area contributed by atoms with Crippen molar-refractivity contribution in [2.45, 2.75) is 13.5 Å². The van der Waals surface area contributed by atoms with Crippen LogP contribution in [-0.2, 0) is 11.3 Å². The van der Waals surface area contributed by atoms with Gasteiger partial charge in [0.1, 0.15) is 5.82 Å². The van der Waals surface area contributed by atoms with Crippen LogP contribution >= 0.6 is 11.6 Å². The summed E-state index contributed by atoms with van der Waals surface area (Å²) in [5.41, 5.74) is 0.844. The summed E-state index contributed by atoms with van der Waals surface area (Å²) in [6.07, 6.45) is 3.42. The number of benzene rings is 1. The Hall–Kier alpha value is -2.93. The minimum absolute atomic E-state index is 0.153. The minimum Gasteiger partial charge on any atom is -0.467 e. The standard InChI is InChI=1S/C17H16ClN5O2/c1-12-21-15(23-8-4-7-20-23)9-17(22-12)25-11-16(24)19-10-13-5-2-3-6-14(13)18/h2-9H,10-11H2,1H3,(H,19,24). The van der Waals surface area contributed by atoms with E-state index in [1.807, 2.05) is 18.2 Å². The van der Waals surface area contributed by atoms with Crippen molar-refractivity contribution in [2.24, 2.45) is 0 Å². The lowest BCUT2D eigenvalue weighted by Gasteiger charge is -2.09. The minimum atomic E-state index is -0.267. The molecule has 1 aromatic carbocycles. The largest absolute Gasteiger partial charge is 0.467 e. The third kappa shape index (κ3) is 4.54. The average Bonchev–Trinajstić information content (AvgIpc) is 3.13. The van der Waals surface area contributed by atoms with Crippen LogP contribution in [0.25, 0.3) is 5.82 Å². The number of aromatic nitrogens is 4. The zero-order valence-corrected chi connectivity index (χ0v) is 14.3. The molecule has 0 spiro atoms. The third-order valence-electron chi connectivity index (χ3n) is 3.33. The van der Waals surface area contributed by atoms with Gasteiger partial charge < -0.3 is 10.1 Å². The lowest BCUT2D eigenvalue weighted by Crippen LogP contribution is -2.28. The molecule has 3 rings (SSSR count). The average molecular weight is 358 g/mol. The van der Waals surface area contributed by atoms with Crippen LogP contribution in [0.2, 0.25) is 5.02 Å². The number of rotatable bonds is 6. The topological polar surface area (TPSA) is 81.9 Å². The summed E-state index contributed by atoms with van der Waals surface area (Å²) in [7, 11) is 0. The smallest absolute Gasteiger partial charge is 0.258 e. The van der Waals surface area contributed by atoms with Gasteiger partial charge in [-0.1, -0.05) is 29.8 Å². The van der Waals surface area contributed by atoms with Crippen LogP contribution in [0.1, 0.15) is 11.4 Å².